The van der Waals surface area contributed by atoms with Crippen molar-refractivity contribution in [2.45, 2.75) is 51.6 Å². The van der Waals surface area contributed by atoms with Gasteiger partial charge in [0.1, 0.15) is 6.04 Å². The molecule has 4 heterocycles. The Bertz CT molecular complexity index is 1180. The molecule has 1 N–H and O–H groups in total. The number of halogens is 1. The van der Waals surface area contributed by atoms with Gasteiger partial charge in [0.25, 0.3) is 0 Å². The fraction of sp³-hybridized carbons (Fsp3) is 0.654. The Kier molecular flexibility index (Phi) is 10.1. The van der Waals surface area contributed by atoms with Gasteiger partial charge in [-0.15, -0.1) is 11.3 Å². The number of thiophene rings is 1. The van der Waals surface area contributed by atoms with Crippen LogP contribution in [0.25, 0.3) is 6.08 Å². The maximum atomic E-state index is 13.3. The molecule has 3 saturated heterocycles. The summed E-state index contributed by atoms with van der Waals surface area (Å²) < 4.78 is 28.2. The molecular formula is C26H38ClN5O5S2. The molecule has 2 atom stereocenters. The Balaban J connectivity index is 1.28. The van der Waals surface area contributed by atoms with Gasteiger partial charge < -0.3 is 14.7 Å². The molecule has 0 aromatic carbocycles. The highest BCUT2D eigenvalue weighted by atomic mass is 35.5. The predicted octanol–water partition coefficient (Wildman–Crippen LogP) is 2.07. The Morgan fingerprint density at radius 1 is 1.10 bits per heavy atom. The summed E-state index contributed by atoms with van der Waals surface area (Å²) in [6.07, 6.45) is 4.27. The van der Waals surface area contributed by atoms with Crippen LogP contribution >= 0.6 is 22.9 Å². The van der Waals surface area contributed by atoms with Crippen LogP contribution in [0.5, 0.6) is 0 Å². The number of piperidine rings is 1. The van der Waals surface area contributed by atoms with Gasteiger partial charge >= 0.3 is 0 Å². The summed E-state index contributed by atoms with van der Waals surface area (Å²) in [5, 5.41) is 1.04. The number of piperazine rings is 1. The van der Waals surface area contributed by atoms with E-state index in [1.807, 2.05) is 23.6 Å². The molecule has 0 spiro atoms. The molecule has 0 bridgehead atoms. The zero-order chi connectivity index (χ0) is 28.2. The Morgan fingerprint density at radius 2 is 1.82 bits per heavy atom. The number of carbonyl (C=O) groups is 3. The standard InChI is InChI=1S/C26H38ClN5O5S2/c1-19(2)25(34)30-14-12-29(13-15-30)17-20-5-3-11-32(20)24(33)18-31-10-4-6-22(26(31)35)28-39(36,37)16-9-21-7-8-23(27)38-21/h7-9,16,19-20,22,28H,3-6,10-15,17-18H2,1-2H3/b16-9+/t20-,22-/m0/s1. The first-order valence-electron chi connectivity index (χ1n) is 13.6. The highest BCUT2D eigenvalue weighted by Gasteiger charge is 2.36. The van der Waals surface area contributed by atoms with Crippen molar-refractivity contribution >= 4 is 56.8 Å². The van der Waals surface area contributed by atoms with E-state index in [1.54, 1.807) is 12.1 Å². The normalized spacial score (nSPS) is 23.4. The lowest BCUT2D eigenvalue weighted by Gasteiger charge is -2.38. The second-order valence-electron chi connectivity index (χ2n) is 10.7. The molecule has 3 amide bonds. The van der Waals surface area contributed by atoms with Gasteiger partial charge in [0.05, 0.1) is 10.9 Å². The van der Waals surface area contributed by atoms with Crippen LogP contribution in [0.2, 0.25) is 4.34 Å². The molecular weight excluding hydrogens is 562 g/mol. The smallest absolute Gasteiger partial charge is 0.242 e. The Labute approximate surface area is 240 Å². The van der Waals surface area contributed by atoms with Crippen molar-refractivity contribution in [2.24, 2.45) is 5.92 Å². The fourth-order valence-electron chi connectivity index (χ4n) is 5.44. The summed E-state index contributed by atoms with van der Waals surface area (Å²) in [6.45, 7) is 8.61. The lowest BCUT2D eigenvalue weighted by atomic mass is 10.1. The SMILES string of the molecule is CC(C)C(=O)N1CCN(C[C@@H]2CCCN2C(=O)CN2CCC[C@H](NS(=O)(=O)/C=C/c3ccc(Cl)s3)C2=O)CC1. The van der Waals surface area contributed by atoms with Gasteiger partial charge in [-0.05, 0) is 43.9 Å². The number of carbonyl (C=O) groups excluding carboxylic acids is 3. The van der Waals surface area contributed by atoms with Gasteiger partial charge in [0.2, 0.25) is 27.7 Å². The van der Waals surface area contributed by atoms with Crippen molar-refractivity contribution in [2.75, 3.05) is 52.4 Å². The first-order chi connectivity index (χ1) is 18.5. The summed E-state index contributed by atoms with van der Waals surface area (Å²) in [5.41, 5.74) is 0. The number of sulfonamides is 1. The molecule has 216 valence electrons. The minimum atomic E-state index is -3.85. The third-order valence-corrected chi connectivity index (χ3v) is 9.82. The van der Waals surface area contributed by atoms with Gasteiger partial charge in [-0.3, -0.25) is 19.3 Å². The van der Waals surface area contributed by atoms with Crippen LogP contribution in [-0.4, -0.2) is 110 Å². The average Bonchev–Trinajstić information content (AvgIpc) is 3.54. The summed E-state index contributed by atoms with van der Waals surface area (Å²) in [4.78, 5) is 46.9. The number of hydrogen-bond donors (Lipinski definition) is 1. The number of nitrogens with zero attached hydrogens (tertiary/aromatic N) is 4. The molecule has 3 fully saturated rings. The maximum Gasteiger partial charge on any atom is 0.242 e. The quantitative estimate of drug-likeness (QED) is 0.465. The van der Waals surface area contributed by atoms with Crippen molar-refractivity contribution in [3.8, 4) is 0 Å². The van der Waals surface area contributed by atoms with Crippen molar-refractivity contribution in [3.05, 3.63) is 26.8 Å². The topological polar surface area (TPSA) is 110 Å². The molecule has 10 nitrogen and oxygen atoms in total. The fourth-order valence-corrected chi connectivity index (χ4v) is 7.51. The summed E-state index contributed by atoms with van der Waals surface area (Å²) in [6, 6.07) is 2.59. The van der Waals surface area contributed by atoms with Crippen molar-refractivity contribution in [3.63, 3.8) is 0 Å². The molecule has 3 aliphatic heterocycles. The molecule has 1 aromatic heterocycles. The van der Waals surface area contributed by atoms with E-state index in [1.165, 1.54) is 22.3 Å². The minimum Gasteiger partial charge on any atom is -0.340 e. The minimum absolute atomic E-state index is 0.00536. The van der Waals surface area contributed by atoms with E-state index in [2.05, 4.69) is 9.62 Å². The molecule has 0 unspecified atom stereocenters. The van der Waals surface area contributed by atoms with Crippen molar-refractivity contribution < 1.29 is 22.8 Å². The van der Waals surface area contributed by atoms with Gasteiger partial charge in [0.15, 0.2) is 0 Å². The van der Waals surface area contributed by atoms with E-state index in [9.17, 15) is 22.8 Å². The molecule has 39 heavy (non-hydrogen) atoms. The first-order valence-corrected chi connectivity index (χ1v) is 16.3. The molecule has 13 heteroatoms. The van der Waals surface area contributed by atoms with E-state index < -0.39 is 16.1 Å². The second kappa shape index (κ2) is 13.1. The molecule has 4 rings (SSSR count). The van der Waals surface area contributed by atoms with E-state index in [0.717, 1.165) is 37.9 Å². The van der Waals surface area contributed by atoms with Crippen LogP contribution in [0.15, 0.2) is 17.5 Å². The number of hydrogen-bond acceptors (Lipinski definition) is 7. The monoisotopic (exact) mass is 599 g/mol. The number of amides is 3. The van der Waals surface area contributed by atoms with Crippen LogP contribution in [0, 0.1) is 5.92 Å². The first kappa shape index (κ1) is 30.0. The van der Waals surface area contributed by atoms with Crippen molar-refractivity contribution in [1.29, 1.82) is 0 Å². The van der Waals surface area contributed by atoms with Crippen molar-refractivity contribution in [1.82, 2.24) is 24.3 Å². The van der Waals surface area contributed by atoms with Crippen LogP contribution in [0.4, 0.5) is 0 Å². The lowest BCUT2D eigenvalue weighted by molar-refractivity contribution is -0.143. The van der Waals surface area contributed by atoms with Crippen LogP contribution in [-0.2, 0) is 24.4 Å². The lowest BCUT2D eigenvalue weighted by Crippen LogP contribution is -2.56. The summed E-state index contributed by atoms with van der Waals surface area (Å²) in [7, 11) is -3.85. The summed E-state index contributed by atoms with van der Waals surface area (Å²) >= 11 is 7.15. The van der Waals surface area contributed by atoms with E-state index in [-0.39, 0.29) is 36.2 Å². The molecule has 1 aromatic rings. The highest BCUT2D eigenvalue weighted by Crippen LogP contribution is 2.23. The third kappa shape index (κ3) is 8.03. The highest BCUT2D eigenvalue weighted by molar-refractivity contribution is 7.92. The maximum absolute atomic E-state index is 13.3. The molecule has 0 radical (unpaired) electrons. The van der Waals surface area contributed by atoms with Crippen LogP contribution < -0.4 is 4.72 Å². The molecule has 0 aliphatic carbocycles. The second-order valence-corrected chi connectivity index (χ2v) is 14.1. The Hall–Kier alpha value is -1.99. The Morgan fingerprint density at radius 3 is 2.49 bits per heavy atom. The largest absolute Gasteiger partial charge is 0.340 e. The number of likely N-dealkylation sites (tertiary alicyclic amines) is 2. The van der Waals surface area contributed by atoms with Crippen LogP contribution in [0.3, 0.4) is 0 Å². The van der Waals surface area contributed by atoms with E-state index in [4.69, 9.17) is 11.6 Å². The average molecular weight is 600 g/mol. The number of nitrogens with one attached hydrogen (secondary N) is 1. The zero-order valence-corrected chi connectivity index (χ0v) is 24.9. The van der Waals surface area contributed by atoms with Gasteiger partial charge in [-0.2, -0.15) is 4.72 Å². The van der Waals surface area contributed by atoms with Gasteiger partial charge in [0, 0.05) is 68.1 Å². The molecule has 0 saturated carbocycles. The zero-order valence-electron chi connectivity index (χ0n) is 22.6. The van der Waals surface area contributed by atoms with Crippen LogP contribution in [0.1, 0.15) is 44.4 Å². The third-order valence-electron chi connectivity index (χ3n) is 7.51. The number of rotatable bonds is 9. The molecule has 3 aliphatic rings. The van der Waals surface area contributed by atoms with E-state index in [0.29, 0.717) is 48.2 Å². The predicted molar refractivity (Wildman–Crippen MR) is 153 cm³/mol. The van der Waals surface area contributed by atoms with Gasteiger partial charge in [-0.1, -0.05) is 25.4 Å². The summed E-state index contributed by atoms with van der Waals surface area (Å²) in [5.74, 6) is -0.290. The van der Waals surface area contributed by atoms with Gasteiger partial charge in [-0.25, -0.2) is 8.42 Å². The van der Waals surface area contributed by atoms with E-state index >= 15 is 0 Å².